The number of amides is 2. The zero-order valence-electron chi connectivity index (χ0n) is 19.7. The third-order valence-corrected chi connectivity index (χ3v) is 4.94. The van der Waals surface area contributed by atoms with E-state index in [-0.39, 0.29) is 29.7 Å². The lowest BCUT2D eigenvalue weighted by atomic mass is 9.96. The van der Waals surface area contributed by atoms with E-state index in [0.717, 1.165) is 6.92 Å². The van der Waals surface area contributed by atoms with E-state index in [1.54, 1.807) is 33.8 Å². The average molecular weight is 507 g/mol. The lowest BCUT2D eigenvalue weighted by Crippen LogP contribution is -2.52. The highest BCUT2D eigenvalue weighted by molar-refractivity contribution is 6.33. The molecule has 0 saturated carbocycles. The summed E-state index contributed by atoms with van der Waals surface area (Å²) in [6, 6.07) is 2.55. The summed E-state index contributed by atoms with van der Waals surface area (Å²) >= 11 is 6.13. The molecule has 3 atom stereocenters. The molecule has 1 rings (SSSR count). The molecule has 7 nitrogen and oxygen atoms in total. The maximum atomic E-state index is 13.3. The highest BCUT2D eigenvalue weighted by Gasteiger charge is 2.45. The highest BCUT2D eigenvalue weighted by atomic mass is 35.5. The minimum Gasteiger partial charge on any atom is -0.460 e. The summed E-state index contributed by atoms with van der Waals surface area (Å²) in [5, 5.41) is 4.34. The van der Waals surface area contributed by atoms with Crippen molar-refractivity contribution in [2.75, 3.05) is 11.9 Å². The van der Waals surface area contributed by atoms with Crippen LogP contribution in [0.15, 0.2) is 30.9 Å². The molecule has 0 fully saturated rings. The van der Waals surface area contributed by atoms with Crippen molar-refractivity contribution >= 4 is 35.3 Å². The molecule has 11 heteroatoms. The molecule has 2 amide bonds. The second-order valence-electron chi connectivity index (χ2n) is 8.76. The Labute approximate surface area is 202 Å². The van der Waals surface area contributed by atoms with E-state index in [0.29, 0.717) is 5.56 Å². The predicted molar refractivity (Wildman–Crippen MR) is 123 cm³/mol. The van der Waals surface area contributed by atoms with Gasteiger partial charge in [-0.25, -0.2) is 4.79 Å². The zero-order valence-corrected chi connectivity index (χ0v) is 20.5. The molecule has 0 aliphatic rings. The van der Waals surface area contributed by atoms with E-state index in [1.165, 1.54) is 18.2 Å². The Morgan fingerprint density at radius 2 is 1.79 bits per heavy atom. The van der Waals surface area contributed by atoms with Crippen LogP contribution in [0, 0.1) is 5.92 Å². The maximum Gasteiger partial charge on any atom is 0.408 e. The molecule has 1 aromatic carbocycles. The van der Waals surface area contributed by atoms with Crippen molar-refractivity contribution in [2.24, 2.45) is 5.92 Å². The normalized spacial score (nSPS) is 14.4. The minimum absolute atomic E-state index is 0.0286. The molecule has 2 N–H and O–H groups in total. The van der Waals surface area contributed by atoms with Gasteiger partial charge in [-0.3, -0.25) is 9.59 Å². The van der Waals surface area contributed by atoms with Crippen LogP contribution in [-0.2, 0) is 19.1 Å². The zero-order chi connectivity index (χ0) is 26.3. The first-order chi connectivity index (χ1) is 15.5. The van der Waals surface area contributed by atoms with E-state index >= 15 is 0 Å². The van der Waals surface area contributed by atoms with Gasteiger partial charge < -0.3 is 20.1 Å². The number of carbonyl (C=O) groups excluding carboxylic acids is 3. The average Bonchev–Trinajstić information content (AvgIpc) is 2.69. The van der Waals surface area contributed by atoms with Crippen LogP contribution in [0.4, 0.5) is 23.7 Å². The van der Waals surface area contributed by atoms with Crippen molar-refractivity contribution < 1.29 is 37.0 Å². The number of halogens is 4. The van der Waals surface area contributed by atoms with Gasteiger partial charge in [0, 0.05) is 0 Å². The molecule has 34 heavy (non-hydrogen) atoms. The lowest BCUT2D eigenvalue weighted by molar-refractivity contribution is -0.178. The van der Waals surface area contributed by atoms with Crippen molar-refractivity contribution in [1.29, 1.82) is 0 Å². The van der Waals surface area contributed by atoms with Crippen molar-refractivity contribution in [2.45, 2.75) is 64.8 Å². The Bertz CT molecular complexity index is 900. The Morgan fingerprint density at radius 3 is 2.32 bits per heavy atom. The number of ether oxygens (including phenoxy) is 2. The highest BCUT2D eigenvalue weighted by Crippen LogP contribution is 2.32. The number of rotatable bonds is 9. The van der Waals surface area contributed by atoms with Gasteiger partial charge in [-0.2, -0.15) is 13.2 Å². The molecule has 0 bridgehead atoms. The number of hydrogen-bond acceptors (Lipinski definition) is 5. The van der Waals surface area contributed by atoms with Crippen molar-refractivity contribution in [1.82, 2.24) is 5.32 Å². The van der Waals surface area contributed by atoms with Gasteiger partial charge in [-0.15, -0.1) is 0 Å². The topological polar surface area (TPSA) is 93.7 Å². The maximum absolute atomic E-state index is 13.3. The van der Waals surface area contributed by atoms with Gasteiger partial charge in [-0.1, -0.05) is 44.2 Å². The Balaban J connectivity index is 3.08. The number of benzene rings is 1. The van der Waals surface area contributed by atoms with Crippen LogP contribution in [0.5, 0.6) is 0 Å². The summed E-state index contributed by atoms with van der Waals surface area (Å²) in [5.41, 5.74) is -0.0230. The fraction of sp³-hybridized carbons (Fsp3) is 0.522. The molecule has 190 valence electrons. The van der Waals surface area contributed by atoms with Gasteiger partial charge in [0.25, 0.3) is 0 Å². The van der Waals surface area contributed by atoms with Gasteiger partial charge in [0.15, 0.2) is 0 Å². The largest absolute Gasteiger partial charge is 0.460 e. The summed E-state index contributed by atoms with van der Waals surface area (Å²) in [4.78, 5) is 36.7. The summed E-state index contributed by atoms with van der Waals surface area (Å²) in [6.45, 7) is 10.8. The third kappa shape index (κ3) is 9.62. The molecule has 2 unspecified atom stereocenters. The van der Waals surface area contributed by atoms with E-state index in [1.807, 2.05) is 5.32 Å². The van der Waals surface area contributed by atoms with E-state index in [4.69, 9.17) is 16.3 Å². The van der Waals surface area contributed by atoms with E-state index in [2.05, 4.69) is 16.6 Å². The van der Waals surface area contributed by atoms with E-state index < -0.39 is 41.7 Å². The Kier molecular flexibility index (Phi) is 10.4. The molecule has 0 saturated heterocycles. The molecule has 0 radical (unpaired) electrons. The molecule has 0 aliphatic heterocycles. The molecule has 0 aromatic heterocycles. The Morgan fingerprint density at radius 1 is 1.18 bits per heavy atom. The number of esters is 1. The van der Waals surface area contributed by atoms with Gasteiger partial charge in [0.1, 0.15) is 18.2 Å². The summed E-state index contributed by atoms with van der Waals surface area (Å²) in [5.74, 6) is -4.13. The van der Waals surface area contributed by atoms with Crippen LogP contribution in [0.25, 0.3) is 0 Å². The molecular formula is C23H30ClF3N2O5. The van der Waals surface area contributed by atoms with Gasteiger partial charge >= 0.3 is 18.2 Å². The fourth-order valence-corrected chi connectivity index (χ4v) is 2.98. The van der Waals surface area contributed by atoms with Crippen molar-refractivity contribution in [3.63, 3.8) is 0 Å². The fourth-order valence-electron chi connectivity index (χ4n) is 2.82. The first-order valence-electron chi connectivity index (χ1n) is 10.5. The molecule has 1 aromatic rings. The van der Waals surface area contributed by atoms with Crippen LogP contribution in [-0.4, -0.2) is 42.4 Å². The van der Waals surface area contributed by atoms with Crippen LogP contribution < -0.4 is 10.6 Å². The molecular weight excluding hydrogens is 477 g/mol. The number of alkyl carbamates (subject to hydrolysis) is 1. The molecule has 0 heterocycles. The summed E-state index contributed by atoms with van der Waals surface area (Å²) in [6.07, 6.45) is -4.72. The second kappa shape index (κ2) is 12.1. The quantitative estimate of drug-likeness (QED) is 0.336. The molecule has 0 aliphatic carbocycles. The van der Waals surface area contributed by atoms with E-state index in [9.17, 15) is 27.6 Å². The second-order valence-corrected chi connectivity index (χ2v) is 9.17. The van der Waals surface area contributed by atoms with Gasteiger partial charge in [0.05, 0.1) is 23.0 Å². The summed E-state index contributed by atoms with van der Waals surface area (Å²) < 4.78 is 49.9. The lowest BCUT2D eigenvalue weighted by Gasteiger charge is -2.26. The number of alkyl halides is 3. The molecule has 0 spiro atoms. The van der Waals surface area contributed by atoms with Gasteiger partial charge in [-0.05, 0) is 44.4 Å². The van der Waals surface area contributed by atoms with Crippen LogP contribution in [0.2, 0.25) is 5.02 Å². The number of anilines is 1. The monoisotopic (exact) mass is 506 g/mol. The van der Waals surface area contributed by atoms with Crippen LogP contribution >= 0.6 is 11.6 Å². The minimum atomic E-state index is -4.78. The van der Waals surface area contributed by atoms with Crippen LogP contribution in [0.1, 0.15) is 52.5 Å². The third-order valence-electron chi connectivity index (χ3n) is 4.61. The standard InChI is InChI=1S/C23H30ClF3N2O5/c1-7-10-33-21(32)29-19(14(3)23(25,26)27)20(31)28-17-12-15(8-9-16(17)24)13(2)11-18(30)34-22(4,5)6/h7-9,12-14,19H,1,10-11H2,2-6H3,(H,28,31)(H,29,32)/t13-,14?,19?/m0/s1. The number of hydrogen-bond donors (Lipinski definition) is 2. The summed E-state index contributed by atoms with van der Waals surface area (Å²) in [7, 11) is 0. The SMILES string of the molecule is C=CCOC(=O)NC(C(=O)Nc1cc([C@@H](C)CC(=O)OC(C)(C)C)ccc1Cl)C(C)C(F)(F)F. The predicted octanol–water partition coefficient (Wildman–Crippen LogP) is 5.59. The Hall–Kier alpha value is -2.75. The van der Waals surface area contributed by atoms with Gasteiger partial charge in [0.2, 0.25) is 5.91 Å². The first kappa shape index (κ1) is 29.3. The smallest absolute Gasteiger partial charge is 0.408 e. The number of carbonyl (C=O) groups is 3. The first-order valence-corrected chi connectivity index (χ1v) is 10.9. The number of nitrogens with one attached hydrogen (secondary N) is 2. The van der Waals surface area contributed by atoms with Crippen molar-refractivity contribution in [3.05, 3.63) is 41.4 Å². The van der Waals surface area contributed by atoms with Crippen molar-refractivity contribution in [3.8, 4) is 0 Å². The van der Waals surface area contributed by atoms with Crippen LogP contribution in [0.3, 0.4) is 0 Å².